The molecule has 0 aliphatic carbocycles. The van der Waals surface area contributed by atoms with Gasteiger partial charge < -0.3 is 9.80 Å². The van der Waals surface area contributed by atoms with Gasteiger partial charge in [-0.1, -0.05) is 11.6 Å². The number of fused-ring (bicyclic) bond motifs is 1. The Kier molecular flexibility index (Phi) is 4.44. The maximum absolute atomic E-state index is 13.0. The predicted octanol–water partition coefficient (Wildman–Crippen LogP) is 4.22. The number of benzene rings is 2. The molecule has 2 aliphatic heterocycles. The number of hydrogen-bond donors (Lipinski definition) is 0. The first-order valence-corrected chi connectivity index (χ1v) is 9.64. The Bertz CT molecular complexity index is 838. The van der Waals surface area contributed by atoms with Crippen LogP contribution in [-0.2, 0) is 4.79 Å². The Balaban J connectivity index is 1.60. The SMILES string of the molecule is O=C1CCCN1c1ccc(C(=O)N2CCSc3ccc(Cl)cc32)cc1. The van der Waals surface area contributed by atoms with Crippen molar-refractivity contribution in [2.24, 2.45) is 0 Å². The lowest BCUT2D eigenvalue weighted by molar-refractivity contribution is -0.117. The average molecular weight is 373 g/mol. The van der Waals surface area contributed by atoms with Crippen LogP contribution in [0.25, 0.3) is 0 Å². The Labute approximate surface area is 155 Å². The number of hydrogen-bond acceptors (Lipinski definition) is 3. The minimum atomic E-state index is -0.0388. The number of anilines is 2. The second-order valence-corrected chi connectivity index (χ2v) is 7.69. The highest BCUT2D eigenvalue weighted by Gasteiger charge is 2.25. The van der Waals surface area contributed by atoms with Gasteiger partial charge in [0.25, 0.3) is 5.91 Å². The maximum atomic E-state index is 13.0. The van der Waals surface area contributed by atoms with Crippen molar-refractivity contribution < 1.29 is 9.59 Å². The lowest BCUT2D eigenvalue weighted by atomic mass is 10.1. The summed E-state index contributed by atoms with van der Waals surface area (Å²) in [6, 6.07) is 13.0. The molecule has 4 rings (SSSR count). The summed E-state index contributed by atoms with van der Waals surface area (Å²) in [7, 11) is 0. The van der Waals surface area contributed by atoms with Crippen LogP contribution in [0.1, 0.15) is 23.2 Å². The van der Waals surface area contributed by atoms with E-state index < -0.39 is 0 Å². The van der Waals surface area contributed by atoms with Crippen LogP contribution < -0.4 is 9.80 Å². The number of carbonyl (C=O) groups is 2. The van der Waals surface area contributed by atoms with Gasteiger partial charge in [-0.2, -0.15) is 0 Å². The van der Waals surface area contributed by atoms with E-state index >= 15 is 0 Å². The highest BCUT2D eigenvalue weighted by atomic mass is 35.5. The van der Waals surface area contributed by atoms with Crippen molar-refractivity contribution in [3.05, 3.63) is 53.1 Å². The van der Waals surface area contributed by atoms with Crippen molar-refractivity contribution in [1.82, 2.24) is 0 Å². The molecule has 0 radical (unpaired) electrons. The molecule has 128 valence electrons. The molecule has 2 aromatic rings. The van der Waals surface area contributed by atoms with Gasteiger partial charge in [-0.05, 0) is 48.9 Å². The van der Waals surface area contributed by atoms with E-state index in [4.69, 9.17) is 11.6 Å². The zero-order valence-electron chi connectivity index (χ0n) is 13.6. The van der Waals surface area contributed by atoms with Gasteiger partial charge in [0.05, 0.1) is 5.69 Å². The van der Waals surface area contributed by atoms with Crippen LogP contribution in [0.15, 0.2) is 47.4 Å². The van der Waals surface area contributed by atoms with Gasteiger partial charge in [0, 0.05) is 46.4 Å². The van der Waals surface area contributed by atoms with Gasteiger partial charge in [0.2, 0.25) is 5.91 Å². The van der Waals surface area contributed by atoms with Crippen LogP contribution in [-0.4, -0.2) is 30.7 Å². The molecule has 6 heteroatoms. The molecule has 0 unspecified atom stereocenters. The summed E-state index contributed by atoms with van der Waals surface area (Å²) in [5.74, 6) is 0.972. The molecule has 2 amide bonds. The van der Waals surface area contributed by atoms with Crippen LogP contribution in [0.5, 0.6) is 0 Å². The standard InChI is InChI=1S/C19H17ClN2O2S/c20-14-5-8-17-16(12-14)22(10-11-25-17)19(24)13-3-6-15(7-4-13)21-9-1-2-18(21)23/h3-8,12H,1-2,9-11H2. The molecular weight excluding hydrogens is 356 g/mol. The highest BCUT2D eigenvalue weighted by Crippen LogP contribution is 2.37. The number of rotatable bonds is 2. The molecule has 0 bridgehead atoms. The number of thioether (sulfide) groups is 1. The summed E-state index contributed by atoms with van der Waals surface area (Å²) >= 11 is 7.85. The van der Waals surface area contributed by atoms with E-state index in [-0.39, 0.29) is 11.8 Å². The van der Waals surface area contributed by atoms with Gasteiger partial charge >= 0.3 is 0 Å². The van der Waals surface area contributed by atoms with Crippen LogP contribution in [0, 0.1) is 0 Å². The largest absolute Gasteiger partial charge is 0.312 e. The van der Waals surface area contributed by atoms with Crippen molar-refractivity contribution in [3.8, 4) is 0 Å². The summed E-state index contributed by atoms with van der Waals surface area (Å²) in [6.45, 7) is 1.41. The van der Waals surface area contributed by atoms with E-state index in [1.165, 1.54) is 0 Å². The quantitative estimate of drug-likeness (QED) is 0.792. The van der Waals surface area contributed by atoms with Gasteiger partial charge in [0.1, 0.15) is 0 Å². The Morgan fingerprint density at radius 1 is 1.08 bits per heavy atom. The number of amides is 2. The predicted molar refractivity (Wildman–Crippen MR) is 102 cm³/mol. The topological polar surface area (TPSA) is 40.6 Å². The van der Waals surface area contributed by atoms with Crippen LogP contribution >= 0.6 is 23.4 Å². The second-order valence-electron chi connectivity index (χ2n) is 6.11. The fraction of sp³-hybridized carbons (Fsp3) is 0.263. The average Bonchev–Trinajstić information content (AvgIpc) is 3.06. The number of halogens is 1. The van der Waals surface area contributed by atoms with Gasteiger partial charge in [0.15, 0.2) is 0 Å². The van der Waals surface area contributed by atoms with Crippen molar-refractivity contribution in [2.45, 2.75) is 17.7 Å². The van der Waals surface area contributed by atoms with E-state index in [0.717, 1.165) is 35.0 Å². The monoisotopic (exact) mass is 372 g/mol. The van der Waals surface area contributed by atoms with Crippen molar-refractivity contribution >= 4 is 46.6 Å². The molecule has 0 saturated carbocycles. The number of nitrogens with zero attached hydrogens (tertiary/aromatic N) is 2. The highest BCUT2D eigenvalue weighted by molar-refractivity contribution is 7.99. The molecule has 2 aliphatic rings. The summed E-state index contributed by atoms with van der Waals surface area (Å²) in [6.07, 6.45) is 1.49. The van der Waals surface area contributed by atoms with Crippen molar-refractivity contribution in [3.63, 3.8) is 0 Å². The fourth-order valence-corrected chi connectivity index (χ4v) is 4.40. The normalized spacial score (nSPS) is 16.9. The Morgan fingerprint density at radius 2 is 1.88 bits per heavy atom. The summed E-state index contributed by atoms with van der Waals surface area (Å²) in [5, 5.41) is 0.627. The van der Waals surface area contributed by atoms with Gasteiger partial charge in [-0.3, -0.25) is 9.59 Å². The zero-order chi connectivity index (χ0) is 17.4. The molecule has 0 atom stereocenters. The van der Waals surface area contributed by atoms with Crippen molar-refractivity contribution in [2.75, 3.05) is 28.6 Å². The zero-order valence-corrected chi connectivity index (χ0v) is 15.1. The molecule has 0 spiro atoms. The lowest BCUT2D eigenvalue weighted by Gasteiger charge is -2.29. The minimum Gasteiger partial charge on any atom is -0.312 e. The summed E-state index contributed by atoms with van der Waals surface area (Å²) in [5.41, 5.74) is 2.34. The molecule has 2 heterocycles. The molecular formula is C19H17ClN2O2S. The molecule has 25 heavy (non-hydrogen) atoms. The molecule has 0 N–H and O–H groups in total. The third kappa shape index (κ3) is 3.14. The van der Waals surface area contributed by atoms with E-state index in [1.807, 2.05) is 30.3 Å². The third-order valence-electron chi connectivity index (χ3n) is 4.53. The number of carbonyl (C=O) groups excluding carboxylic acids is 2. The second kappa shape index (κ2) is 6.73. The van der Waals surface area contributed by atoms with E-state index in [1.54, 1.807) is 33.7 Å². The molecule has 4 nitrogen and oxygen atoms in total. The maximum Gasteiger partial charge on any atom is 0.258 e. The fourth-order valence-electron chi connectivity index (χ4n) is 3.26. The smallest absolute Gasteiger partial charge is 0.258 e. The van der Waals surface area contributed by atoms with Crippen LogP contribution in [0.4, 0.5) is 11.4 Å². The Hall–Kier alpha value is -1.98. The molecule has 1 saturated heterocycles. The molecule has 2 aromatic carbocycles. The first-order chi connectivity index (χ1) is 12.1. The van der Waals surface area contributed by atoms with E-state index in [2.05, 4.69) is 0 Å². The third-order valence-corrected chi connectivity index (χ3v) is 5.81. The minimum absolute atomic E-state index is 0.0388. The van der Waals surface area contributed by atoms with Gasteiger partial charge in [-0.25, -0.2) is 0 Å². The summed E-state index contributed by atoms with van der Waals surface area (Å²) in [4.78, 5) is 29.4. The first-order valence-electron chi connectivity index (χ1n) is 8.28. The van der Waals surface area contributed by atoms with Gasteiger partial charge in [-0.15, -0.1) is 11.8 Å². The van der Waals surface area contributed by atoms with Crippen molar-refractivity contribution in [1.29, 1.82) is 0 Å². The van der Waals surface area contributed by atoms with E-state index in [9.17, 15) is 9.59 Å². The molecule has 0 aromatic heterocycles. The molecule has 1 fully saturated rings. The first kappa shape index (κ1) is 16.5. The van der Waals surface area contributed by atoms with Crippen LogP contribution in [0.2, 0.25) is 5.02 Å². The Morgan fingerprint density at radius 3 is 2.60 bits per heavy atom. The van der Waals surface area contributed by atoms with Crippen LogP contribution in [0.3, 0.4) is 0 Å². The lowest BCUT2D eigenvalue weighted by Crippen LogP contribution is -2.35. The summed E-state index contributed by atoms with van der Waals surface area (Å²) < 4.78 is 0. The van der Waals surface area contributed by atoms with E-state index in [0.29, 0.717) is 23.6 Å².